The minimum Gasteiger partial charge on any atom is -0.477 e. The highest BCUT2D eigenvalue weighted by Gasteiger charge is 2.39. The molecule has 2 heterocycles. The maximum atomic E-state index is 14.8. The van der Waals surface area contributed by atoms with E-state index >= 15 is 0 Å². The molecule has 2 aromatic heterocycles. The Labute approximate surface area is 200 Å². The van der Waals surface area contributed by atoms with Crippen molar-refractivity contribution in [3.63, 3.8) is 0 Å². The molecule has 0 fully saturated rings. The molecule has 0 bridgehead atoms. The van der Waals surface area contributed by atoms with Gasteiger partial charge in [-0.1, -0.05) is 29.8 Å². The number of H-pyrrole nitrogens is 1. The van der Waals surface area contributed by atoms with Crippen molar-refractivity contribution >= 4 is 49.6 Å². The van der Waals surface area contributed by atoms with E-state index in [-0.39, 0.29) is 25.7 Å². The highest BCUT2D eigenvalue weighted by atomic mass is 35.5. The number of aromatic carboxylic acids is 1. The smallest absolute Gasteiger partial charge is 0.346 e. The third-order valence-corrected chi connectivity index (χ3v) is 9.25. The predicted molar refractivity (Wildman–Crippen MR) is 127 cm³/mol. The van der Waals surface area contributed by atoms with Crippen LogP contribution in [0, 0.1) is 5.82 Å². The Morgan fingerprint density at radius 2 is 1.85 bits per heavy atom. The van der Waals surface area contributed by atoms with Gasteiger partial charge in [-0.05, 0) is 43.7 Å². The van der Waals surface area contributed by atoms with Crippen molar-refractivity contribution in [2.75, 3.05) is 0 Å². The van der Waals surface area contributed by atoms with Crippen molar-refractivity contribution in [3.05, 3.63) is 90.0 Å². The summed E-state index contributed by atoms with van der Waals surface area (Å²) in [7, 11) is -4.21. The summed E-state index contributed by atoms with van der Waals surface area (Å²) in [6, 6.07) is 9.10. The average molecular weight is 523 g/mol. The molecular weight excluding hydrogens is 507 g/mol. The van der Waals surface area contributed by atoms with Crippen LogP contribution < -0.4 is 11.2 Å². The van der Waals surface area contributed by atoms with E-state index in [1.807, 2.05) is 0 Å². The number of aromatic nitrogens is 2. The SMILES string of the molecule is CC(C)(c1ccccc1Cl)S(=O)(=O)c1ccc(F)c(-n2c(=O)[nH]c3csc(C(=O)O)c3c2=O)c1. The minimum atomic E-state index is -4.21. The quantitative estimate of drug-likeness (QED) is 0.382. The van der Waals surface area contributed by atoms with Crippen LogP contribution in [-0.2, 0) is 14.6 Å². The van der Waals surface area contributed by atoms with Crippen LogP contribution in [0.25, 0.3) is 16.6 Å². The number of carbonyl (C=O) groups is 1. The molecule has 0 saturated carbocycles. The molecule has 4 rings (SSSR count). The van der Waals surface area contributed by atoms with Crippen LogP contribution in [0.4, 0.5) is 4.39 Å². The lowest BCUT2D eigenvalue weighted by Crippen LogP contribution is -2.35. The second-order valence-electron chi connectivity index (χ2n) is 7.84. The van der Waals surface area contributed by atoms with Crippen LogP contribution >= 0.6 is 22.9 Å². The van der Waals surface area contributed by atoms with Gasteiger partial charge in [0.15, 0.2) is 9.84 Å². The first kappa shape index (κ1) is 23.9. The van der Waals surface area contributed by atoms with Crippen molar-refractivity contribution in [2.24, 2.45) is 0 Å². The second kappa shape index (κ2) is 8.19. The number of rotatable bonds is 5. The van der Waals surface area contributed by atoms with E-state index in [1.165, 1.54) is 19.2 Å². The predicted octanol–water partition coefficient (Wildman–Crippen LogP) is 3.94. The molecule has 8 nitrogen and oxygen atoms in total. The largest absolute Gasteiger partial charge is 0.477 e. The number of carboxylic acid groups (broad SMARTS) is 1. The van der Waals surface area contributed by atoms with E-state index in [2.05, 4.69) is 4.98 Å². The molecule has 0 saturated heterocycles. The number of thiophene rings is 1. The van der Waals surface area contributed by atoms with Crippen LogP contribution in [-0.4, -0.2) is 29.0 Å². The zero-order valence-electron chi connectivity index (χ0n) is 17.6. The van der Waals surface area contributed by atoms with Crippen molar-refractivity contribution < 1.29 is 22.7 Å². The number of hydrogen-bond donors (Lipinski definition) is 2. The Morgan fingerprint density at radius 1 is 1.18 bits per heavy atom. The fraction of sp³-hybridized carbons (Fsp3) is 0.136. The number of sulfone groups is 1. The Morgan fingerprint density at radius 3 is 2.50 bits per heavy atom. The maximum Gasteiger partial charge on any atom is 0.346 e. The van der Waals surface area contributed by atoms with E-state index in [9.17, 15) is 32.3 Å². The van der Waals surface area contributed by atoms with Crippen molar-refractivity contribution in [1.82, 2.24) is 9.55 Å². The van der Waals surface area contributed by atoms with Crippen LogP contribution in [0.5, 0.6) is 0 Å². The molecule has 12 heteroatoms. The van der Waals surface area contributed by atoms with Gasteiger partial charge in [0.05, 0.1) is 26.2 Å². The van der Waals surface area contributed by atoms with Crippen LogP contribution in [0.2, 0.25) is 5.02 Å². The van der Waals surface area contributed by atoms with Crippen LogP contribution in [0.3, 0.4) is 0 Å². The number of benzene rings is 2. The molecule has 0 amide bonds. The van der Waals surface area contributed by atoms with Gasteiger partial charge in [-0.3, -0.25) is 4.79 Å². The monoisotopic (exact) mass is 522 g/mol. The number of nitrogens with one attached hydrogen (secondary N) is 1. The Balaban J connectivity index is 1.97. The highest BCUT2D eigenvalue weighted by Crippen LogP contribution is 2.39. The van der Waals surface area contributed by atoms with Crippen LogP contribution in [0.15, 0.2) is 62.3 Å². The van der Waals surface area contributed by atoms with Gasteiger partial charge in [-0.2, -0.15) is 0 Å². The lowest BCUT2D eigenvalue weighted by molar-refractivity contribution is 0.0704. The van der Waals surface area contributed by atoms with Gasteiger partial charge in [0.2, 0.25) is 0 Å². The number of halogens is 2. The van der Waals surface area contributed by atoms with Gasteiger partial charge in [0.25, 0.3) is 5.56 Å². The number of fused-ring (bicyclic) bond motifs is 1. The summed E-state index contributed by atoms with van der Waals surface area (Å²) in [6.45, 7) is 2.87. The molecule has 2 N–H and O–H groups in total. The Kier molecular flexibility index (Phi) is 5.75. The Hall–Kier alpha value is -3.28. The number of aromatic amines is 1. The average Bonchev–Trinajstić information content (AvgIpc) is 3.19. The zero-order chi connectivity index (χ0) is 25.0. The van der Waals surface area contributed by atoms with Gasteiger partial charge >= 0.3 is 11.7 Å². The van der Waals surface area contributed by atoms with Crippen LogP contribution in [0.1, 0.15) is 29.1 Å². The fourth-order valence-electron chi connectivity index (χ4n) is 3.63. The molecule has 2 aromatic carbocycles. The first-order chi connectivity index (χ1) is 15.9. The summed E-state index contributed by atoms with van der Waals surface area (Å²) in [5.41, 5.74) is -2.48. The van der Waals surface area contributed by atoms with Gasteiger partial charge in [-0.25, -0.2) is 27.0 Å². The summed E-state index contributed by atoms with van der Waals surface area (Å²) in [6.07, 6.45) is 0. The molecule has 0 aliphatic rings. The first-order valence-electron chi connectivity index (χ1n) is 9.67. The molecule has 0 aliphatic heterocycles. The number of carboxylic acids is 1. The van der Waals surface area contributed by atoms with E-state index in [4.69, 9.17) is 11.6 Å². The summed E-state index contributed by atoms with van der Waals surface area (Å²) in [4.78, 5) is 38.8. The van der Waals surface area contributed by atoms with Gasteiger partial charge in [-0.15, -0.1) is 11.3 Å². The van der Waals surface area contributed by atoms with Crippen molar-refractivity contribution in [2.45, 2.75) is 23.5 Å². The molecule has 176 valence electrons. The summed E-state index contributed by atoms with van der Waals surface area (Å²) >= 11 is 6.95. The minimum absolute atomic E-state index is 0.0160. The first-order valence-corrected chi connectivity index (χ1v) is 12.4. The second-order valence-corrected chi connectivity index (χ2v) is 11.6. The molecule has 0 atom stereocenters. The lowest BCUT2D eigenvalue weighted by atomic mass is 10.0. The normalized spacial score (nSPS) is 12.2. The number of nitrogens with zero attached hydrogens (tertiary/aromatic N) is 1. The molecule has 0 spiro atoms. The van der Waals surface area contributed by atoms with Gasteiger partial charge in [0, 0.05) is 10.4 Å². The maximum absolute atomic E-state index is 14.8. The fourth-order valence-corrected chi connectivity index (χ4v) is 6.46. The highest BCUT2D eigenvalue weighted by molar-refractivity contribution is 7.92. The van der Waals surface area contributed by atoms with Crippen molar-refractivity contribution in [1.29, 1.82) is 0 Å². The molecule has 4 aromatic rings. The molecular formula is C22H16ClFN2O6S2. The third kappa shape index (κ3) is 3.56. The van der Waals surface area contributed by atoms with Crippen molar-refractivity contribution in [3.8, 4) is 5.69 Å². The van der Waals surface area contributed by atoms with E-state index in [0.717, 1.165) is 29.5 Å². The summed E-state index contributed by atoms with van der Waals surface area (Å²) < 4.78 is 40.8. The van der Waals surface area contributed by atoms with E-state index in [1.54, 1.807) is 24.3 Å². The lowest BCUT2D eigenvalue weighted by Gasteiger charge is -2.26. The van der Waals surface area contributed by atoms with Gasteiger partial charge in [0.1, 0.15) is 10.7 Å². The molecule has 0 aliphatic carbocycles. The molecule has 0 unspecified atom stereocenters. The topological polar surface area (TPSA) is 126 Å². The third-order valence-electron chi connectivity index (χ3n) is 5.51. The number of hydrogen-bond acceptors (Lipinski definition) is 6. The summed E-state index contributed by atoms with van der Waals surface area (Å²) in [5.74, 6) is -2.44. The van der Waals surface area contributed by atoms with E-state index < -0.39 is 43.3 Å². The standard InChI is InChI=1S/C22H16ClFN2O6S2/c1-22(2,12-5-3-4-6-13(12)23)34(31,32)11-7-8-14(24)16(9-11)26-19(27)17-15(25-21(26)30)10-33-18(17)20(28)29/h3-10H,1-2H3,(H,25,30)(H,28,29). The Bertz CT molecular complexity index is 1700. The summed E-state index contributed by atoms with van der Waals surface area (Å²) in [5, 5.41) is 10.5. The van der Waals surface area contributed by atoms with Gasteiger partial charge < -0.3 is 10.1 Å². The van der Waals surface area contributed by atoms with E-state index in [0.29, 0.717) is 10.1 Å². The zero-order valence-corrected chi connectivity index (χ0v) is 20.0. The molecule has 34 heavy (non-hydrogen) atoms. The molecule has 0 radical (unpaired) electrons.